The van der Waals surface area contributed by atoms with Gasteiger partial charge in [0.05, 0.1) is 21.8 Å². The number of amides is 1. The first-order valence-electron chi connectivity index (χ1n) is 10.3. The third kappa shape index (κ3) is 3.77. The minimum absolute atomic E-state index is 0.0531. The van der Waals surface area contributed by atoms with E-state index in [4.69, 9.17) is 0 Å². The second-order valence-electron chi connectivity index (χ2n) is 8.06. The Morgan fingerprint density at radius 2 is 1.73 bits per heavy atom. The number of aliphatic hydroxyl groups is 1. The first kappa shape index (κ1) is 21.6. The Bertz CT molecular complexity index is 1460. The number of fused-ring (bicyclic) bond motifs is 1. The number of hydrogen-bond donors (Lipinski definition) is 1. The normalized spacial score (nSPS) is 17.8. The van der Waals surface area contributed by atoms with Crippen LogP contribution in [-0.4, -0.2) is 21.8 Å². The molecular weight excluding hydrogens is 500 g/mol. The van der Waals surface area contributed by atoms with Crippen molar-refractivity contribution in [2.45, 2.75) is 19.9 Å². The van der Waals surface area contributed by atoms with E-state index in [9.17, 15) is 14.7 Å². The monoisotopic (exact) mass is 518 g/mol. The number of aryl methyl sites for hydroxylation is 2. The van der Waals surface area contributed by atoms with Gasteiger partial charge >= 0.3 is 5.91 Å². The fraction of sp³-hybridized carbons (Fsp3) is 0.115. The summed E-state index contributed by atoms with van der Waals surface area (Å²) in [6, 6.07) is 19.7. The third-order valence-electron chi connectivity index (χ3n) is 5.67. The lowest BCUT2D eigenvalue weighted by Gasteiger charge is -2.23. The molecule has 1 saturated heterocycles. The van der Waals surface area contributed by atoms with Crippen LogP contribution in [0.2, 0.25) is 0 Å². The van der Waals surface area contributed by atoms with E-state index in [1.807, 2.05) is 68.4 Å². The lowest BCUT2D eigenvalue weighted by atomic mass is 9.95. The van der Waals surface area contributed by atoms with E-state index in [2.05, 4.69) is 20.9 Å². The predicted octanol–water partition coefficient (Wildman–Crippen LogP) is 6.30. The number of halogens is 1. The zero-order valence-corrected chi connectivity index (χ0v) is 20.3. The molecule has 1 amide bonds. The molecule has 0 aliphatic carbocycles. The van der Waals surface area contributed by atoms with Crippen molar-refractivity contribution in [1.82, 2.24) is 4.98 Å². The van der Waals surface area contributed by atoms with Gasteiger partial charge in [0.15, 0.2) is 5.13 Å². The highest BCUT2D eigenvalue weighted by Crippen LogP contribution is 2.44. The average molecular weight is 519 g/mol. The Morgan fingerprint density at radius 1 is 1.00 bits per heavy atom. The Hall–Kier alpha value is -3.29. The van der Waals surface area contributed by atoms with Gasteiger partial charge in [0, 0.05) is 10.0 Å². The van der Waals surface area contributed by atoms with Gasteiger partial charge in [-0.2, -0.15) is 0 Å². The van der Waals surface area contributed by atoms with E-state index >= 15 is 0 Å². The van der Waals surface area contributed by atoms with Crippen molar-refractivity contribution >= 4 is 60.1 Å². The Morgan fingerprint density at radius 3 is 2.45 bits per heavy atom. The highest BCUT2D eigenvalue weighted by molar-refractivity contribution is 9.10. The minimum Gasteiger partial charge on any atom is -0.507 e. The molecule has 0 spiro atoms. The molecule has 1 aliphatic rings. The van der Waals surface area contributed by atoms with Crippen LogP contribution < -0.4 is 4.90 Å². The number of aliphatic hydroxyl groups excluding tert-OH is 1. The number of anilines is 1. The van der Waals surface area contributed by atoms with Crippen molar-refractivity contribution in [3.63, 3.8) is 0 Å². The highest BCUT2D eigenvalue weighted by atomic mass is 79.9. The Labute approximate surface area is 203 Å². The summed E-state index contributed by atoms with van der Waals surface area (Å²) in [5, 5.41) is 11.6. The standard InChI is InChI=1S/C26H19BrN2O3S/c1-14-6-9-16(10-7-14)23(30)21-22(17-4-3-5-18(27)13-17)29(25(32)24(21)31)26-28-19-11-8-15(2)12-20(19)33-26/h3-13,22,30H,1-2H3/b23-21+. The average Bonchev–Trinajstić information content (AvgIpc) is 3.32. The fourth-order valence-corrected chi connectivity index (χ4v) is 5.52. The molecule has 0 radical (unpaired) electrons. The number of carbonyl (C=O) groups excluding carboxylic acids is 2. The molecule has 1 N–H and O–H groups in total. The van der Waals surface area contributed by atoms with Crippen LogP contribution >= 0.6 is 27.3 Å². The quantitative estimate of drug-likeness (QED) is 0.196. The second-order valence-corrected chi connectivity index (χ2v) is 9.98. The maximum Gasteiger partial charge on any atom is 0.301 e. The summed E-state index contributed by atoms with van der Waals surface area (Å²) in [5.74, 6) is -1.63. The summed E-state index contributed by atoms with van der Waals surface area (Å²) in [6.45, 7) is 3.94. The Kier molecular flexibility index (Phi) is 5.38. The fourth-order valence-electron chi connectivity index (χ4n) is 4.01. The molecule has 7 heteroatoms. The lowest BCUT2D eigenvalue weighted by Crippen LogP contribution is -2.29. The van der Waals surface area contributed by atoms with Crippen LogP contribution in [0.4, 0.5) is 5.13 Å². The van der Waals surface area contributed by atoms with E-state index in [1.54, 1.807) is 12.1 Å². The first-order valence-corrected chi connectivity index (χ1v) is 11.9. The molecule has 2 heterocycles. The van der Waals surface area contributed by atoms with Gasteiger partial charge in [-0.25, -0.2) is 4.98 Å². The van der Waals surface area contributed by atoms with E-state index < -0.39 is 17.7 Å². The summed E-state index contributed by atoms with van der Waals surface area (Å²) < 4.78 is 1.74. The van der Waals surface area contributed by atoms with E-state index in [-0.39, 0.29) is 11.3 Å². The van der Waals surface area contributed by atoms with Crippen LogP contribution in [0.5, 0.6) is 0 Å². The number of benzene rings is 3. The van der Waals surface area contributed by atoms with Crippen molar-refractivity contribution in [3.8, 4) is 0 Å². The van der Waals surface area contributed by atoms with Crippen molar-refractivity contribution < 1.29 is 14.7 Å². The lowest BCUT2D eigenvalue weighted by molar-refractivity contribution is -0.132. The zero-order valence-electron chi connectivity index (χ0n) is 17.9. The zero-order chi connectivity index (χ0) is 23.3. The summed E-state index contributed by atoms with van der Waals surface area (Å²) in [5.41, 5.74) is 4.11. The third-order valence-corrected chi connectivity index (χ3v) is 7.18. The number of Topliss-reactive ketones (excluding diaryl/α,β-unsaturated/α-hetero) is 1. The van der Waals surface area contributed by atoms with E-state index in [0.717, 1.165) is 25.8 Å². The van der Waals surface area contributed by atoms with Gasteiger partial charge in [-0.1, -0.05) is 75.3 Å². The highest BCUT2D eigenvalue weighted by Gasteiger charge is 2.48. The number of carbonyl (C=O) groups is 2. The number of hydrogen-bond acceptors (Lipinski definition) is 5. The SMILES string of the molecule is Cc1ccc(/C(O)=C2\C(=O)C(=O)N(c3nc4ccc(C)cc4s3)C2c2cccc(Br)c2)cc1. The van der Waals surface area contributed by atoms with Gasteiger partial charge in [0.1, 0.15) is 5.76 Å². The van der Waals surface area contributed by atoms with Gasteiger partial charge in [0.2, 0.25) is 0 Å². The van der Waals surface area contributed by atoms with Crippen molar-refractivity contribution in [3.05, 3.63) is 99.0 Å². The molecule has 1 aliphatic heterocycles. The van der Waals surface area contributed by atoms with Crippen molar-refractivity contribution in [2.24, 2.45) is 0 Å². The molecule has 1 unspecified atom stereocenters. The van der Waals surface area contributed by atoms with Crippen molar-refractivity contribution in [2.75, 3.05) is 4.90 Å². The van der Waals surface area contributed by atoms with Gasteiger partial charge in [-0.05, 0) is 49.2 Å². The minimum atomic E-state index is -0.800. The number of nitrogens with zero attached hydrogens (tertiary/aromatic N) is 2. The maximum atomic E-state index is 13.3. The summed E-state index contributed by atoms with van der Waals surface area (Å²) in [4.78, 5) is 32.6. The molecule has 1 atom stereocenters. The molecule has 164 valence electrons. The largest absolute Gasteiger partial charge is 0.507 e. The number of thiazole rings is 1. The number of ketones is 1. The summed E-state index contributed by atoms with van der Waals surface area (Å²) >= 11 is 4.84. The van der Waals surface area contributed by atoms with E-state index in [0.29, 0.717) is 16.3 Å². The van der Waals surface area contributed by atoms with Gasteiger partial charge in [-0.15, -0.1) is 0 Å². The van der Waals surface area contributed by atoms with Crippen molar-refractivity contribution in [1.29, 1.82) is 0 Å². The molecular formula is C26H19BrN2O3S. The van der Waals surface area contributed by atoms with Crippen LogP contribution in [-0.2, 0) is 9.59 Å². The molecule has 1 fully saturated rings. The van der Waals surface area contributed by atoms with Crippen LogP contribution in [0.3, 0.4) is 0 Å². The summed E-state index contributed by atoms with van der Waals surface area (Å²) in [7, 11) is 0. The molecule has 4 aromatic rings. The van der Waals surface area contributed by atoms with Crippen LogP contribution in [0, 0.1) is 13.8 Å². The predicted molar refractivity (Wildman–Crippen MR) is 134 cm³/mol. The molecule has 3 aromatic carbocycles. The molecule has 5 rings (SSSR count). The number of rotatable bonds is 3. The topological polar surface area (TPSA) is 70.5 Å². The maximum absolute atomic E-state index is 13.3. The van der Waals surface area contributed by atoms with Gasteiger partial charge in [0.25, 0.3) is 5.78 Å². The molecule has 0 saturated carbocycles. The van der Waals surface area contributed by atoms with Gasteiger partial charge in [-0.3, -0.25) is 14.5 Å². The first-order chi connectivity index (χ1) is 15.8. The van der Waals surface area contributed by atoms with Gasteiger partial charge < -0.3 is 5.11 Å². The molecule has 0 bridgehead atoms. The summed E-state index contributed by atoms with van der Waals surface area (Å²) in [6.07, 6.45) is 0. The van der Waals surface area contributed by atoms with E-state index in [1.165, 1.54) is 16.2 Å². The van der Waals surface area contributed by atoms with Crippen LogP contribution in [0.1, 0.15) is 28.3 Å². The second kappa shape index (κ2) is 8.24. The molecule has 33 heavy (non-hydrogen) atoms. The molecule has 1 aromatic heterocycles. The molecule has 5 nitrogen and oxygen atoms in total. The number of aromatic nitrogens is 1. The van der Waals surface area contributed by atoms with Crippen LogP contribution in [0.25, 0.3) is 16.0 Å². The van der Waals surface area contributed by atoms with Crippen LogP contribution in [0.15, 0.2) is 76.8 Å². The Balaban J connectivity index is 1.74. The smallest absolute Gasteiger partial charge is 0.301 e.